The fraction of sp³-hybridized carbons (Fsp3) is 0.480. The normalized spacial score (nSPS) is 17.5. The molecule has 33 heavy (non-hydrogen) atoms. The second-order valence-electron chi connectivity index (χ2n) is 8.58. The van der Waals surface area contributed by atoms with Crippen LogP contribution in [-0.2, 0) is 27.6 Å². The van der Waals surface area contributed by atoms with Gasteiger partial charge in [0.1, 0.15) is 11.5 Å². The first-order chi connectivity index (χ1) is 15.8. The molecule has 0 aromatic heterocycles. The Morgan fingerprint density at radius 1 is 1.15 bits per heavy atom. The van der Waals surface area contributed by atoms with Crippen LogP contribution in [0, 0.1) is 0 Å². The topological polar surface area (TPSA) is 48.0 Å². The molecule has 2 aromatic rings. The number of hydrogen-bond donors (Lipinski definition) is 0. The summed E-state index contributed by atoms with van der Waals surface area (Å²) in [5.74, 6) is 1.20. The van der Waals surface area contributed by atoms with Gasteiger partial charge in [-0.25, -0.2) is 0 Å². The molecule has 5 nitrogen and oxygen atoms in total. The van der Waals surface area contributed by atoms with E-state index in [-0.39, 0.29) is 16.9 Å². The molecule has 4 rings (SSSR count). The number of carbonyl (C=O) groups excluding carboxylic acids is 1. The monoisotopic (exact) mass is 463 g/mol. The first-order valence-corrected chi connectivity index (χ1v) is 11.3. The van der Waals surface area contributed by atoms with Crippen LogP contribution in [0.25, 0.3) is 0 Å². The van der Waals surface area contributed by atoms with Gasteiger partial charge in [0.15, 0.2) is 0 Å². The summed E-state index contributed by atoms with van der Waals surface area (Å²) in [5.41, 5.74) is 0.737. The van der Waals surface area contributed by atoms with E-state index in [1.807, 2.05) is 18.2 Å². The largest absolute Gasteiger partial charge is 0.493 e. The Labute approximate surface area is 191 Å². The van der Waals surface area contributed by atoms with E-state index in [1.54, 1.807) is 18.1 Å². The van der Waals surface area contributed by atoms with Gasteiger partial charge in [0, 0.05) is 36.6 Å². The standard InChI is InChI=1S/C25H28F3NO4/c1-2-23(30)33-29-13-11-24(12-14-29)17-32-22-16-19(9-10-21(22)24)31-15-5-7-18-6-3-4-8-20(18)25(26,27)28/h3-4,6,8-10,16H,2,5,7,11-15,17H2,1H3. The maximum Gasteiger partial charge on any atom is 0.416 e. The highest BCUT2D eigenvalue weighted by Crippen LogP contribution is 2.46. The summed E-state index contributed by atoms with van der Waals surface area (Å²) in [6.45, 7) is 3.98. The van der Waals surface area contributed by atoms with E-state index in [4.69, 9.17) is 14.3 Å². The van der Waals surface area contributed by atoms with Crippen LogP contribution in [0.5, 0.6) is 11.5 Å². The molecule has 2 aromatic carbocycles. The lowest BCUT2D eigenvalue weighted by Gasteiger charge is -2.37. The van der Waals surface area contributed by atoms with Crippen LogP contribution >= 0.6 is 0 Å². The molecule has 178 valence electrons. The van der Waals surface area contributed by atoms with E-state index in [2.05, 4.69) is 0 Å². The Balaban J connectivity index is 1.31. The third-order valence-electron chi connectivity index (χ3n) is 6.41. The minimum atomic E-state index is -4.35. The molecule has 0 amide bonds. The number of benzene rings is 2. The molecular formula is C25H28F3NO4. The molecule has 0 unspecified atom stereocenters. The zero-order valence-electron chi connectivity index (χ0n) is 18.6. The first kappa shape index (κ1) is 23.4. The zero-order valence-corrected chi connectivity index (χ0v) is 18.6. The Kier molecular flexibility index (Phi) is 6.83. The number of halogens is 3. The van der Waals surface area contributed by atoms with Gasteiger partial charge >= 0.3 is 12.1 Å². The van der Waals surface area contributed by atoms with Crippen molar-refractivity contribution < 1.29 is 32.3 Å². The van der Waals surface area contributed by atoms with Crippen molar-refractivity contribution in [3.05, 3.63) is 59.2 Å². The van der Waals surface area contributed by atoms with Gasteiger partial charge in [-0.3, -0.25) is 4.79 Å². The summed E-state index contributed by atoms with van der Waals surface area (Å²) in [6, 6.07) is 11.4. The summed E-state index contributed by atoms with van der Waals surface area (Å²) >= 11 is 0. The summed E-state index contributed by atoms with van der Waals surface area (Å²) in [5, 5.41) is 1.73. The number of aryl methyl sites for hydroxylation is 1. The van der Waals surface area contributed by atoms with Gasteiger partial charge in [-0.05, 0) is 43.4 Å². The number of hydrogen-bond acceptors (Lipinski definition) is 5. The molecule has 2 aliphatic rings. The quantitative estimate of drug-likeness (QED) is 0.521. The highest BCUT2D eigenvalue weighted by atomic mass is 19.4. The van der Waals surface area contributed by atoms with E-state index >= 15 is 0 Å². The van der Waals surface area contributed by atoms with Crippen LogP contribution in [0.1, 0.15) is 49.3 Å². The van der Waals surface area contributed by atoms with Crippen molar-refractivity contribution in [3.8, 4) is 11.5 Å². The summed E-state index contributed by atoms with van der Waals surface area (Å²) in [6.07, 6.45) is -1.57. The molecule has 0 N–H and O–H groups in total. The number of carbonyl (C=O) groups is 1. The van der Waals surface area contributed by atoms with Crippen molar-refractivity contribution in [2.45, 2.75) is 50.6 Å². The molecule has 0 atom stereocenters. The zero-order chi connectivity index (χ0) is 23.5. The molecule has 1 saturated heterocycles. The van der Waals surface area contributed by atoms with Crippen LogP contribution in [-0.4, -0.2) is 37.3 Å². The van der Waals surface area contributed by atoms with Gasteiger partial charge in [-0.15, -0.1) is 5.06 Å². The number of ether oxygens (including phenoxy) is 2. The highest BCUT2D eigenvalue weighted by molar-refractivity contribution is 5.68. The fourth-order valence-electron chi connectivity index (χ4n) is 4.54. The Morgan fingerprint density at radius 3 is 2.64 bits per heavy atom. The molecule has 2 aliphatic heterocycles. The van der Waals surface area contributed by atoms with Crippen LogP contribution in [0.3, 0.4) is 0 Å². The smallest absolute Gasteiger partial charge is 0.416 e. The lowest BCUT2D eigenvalue weighted by molar-refractivity contribution is -0.197. The maximum absolute atomic E-state index is 13.1. The number of rotatable bonds is 7. The Morgan fingerprint density at radius 2 is 1.91 bits per heavy atom. The molecule has 0 saturated carbocycles. The Hall–Kier alpha value is -2.74. The third-order valence-corrected chi connectivity index (χ3v) is 6.41. The fourth-order valence-corrected chi connectivity index (χ4v) is 4.54. The third kappa shape index (κ3) is 5.27. The van der Waals surface area contributed by atoms with E-state index in [1.165, 1.54) is 12.1 Å². The van der Waals surface area contributed by atoms with Gasteiger partial charge in [0.25, 0.3) is 0 Å². The summed E-state index contributed by atoms with van der Waals surface area (Å²) in [7, 11) is 0. The summed E-state index contributed by atoms with van der Waals surface area (Å²) < 4.78 is 51.1. The SMILES string of the molecule is CCC(=O)ON1CCC2(CC1)COc1cc(OCCCc3ccccc3C(F)(F)F)ccc12. The van der Waals surface area contributed by atoms with E-state index < -0.39 is 11.7 Å². The predicted molar refractivity (Wildman–Crippen MR) is 116 cm³/mol. The molecule has 1 spiro atoms. The van der Waals surface area contributed by atoms with Crippen LogP contribution in [0.2, 0.25) is 0 Å². The number of nitrogens with zero attached hydrogens (tertiary/aromatic N) is 1. The minimum absolute atomic E-state index is 0.0930. The van der Waals surface area contributed by atoms with Crippen molar-refractivity contribution >= 4 is 5.97 Å². The number of piperidine rings is 1. The molecule has 0 radical (unpaired) electrons. The van der Waals surface area contributed by atoms with Crippen LogP contribution in [0.15, 0.2) is 42.5 Å². The number of alkyl halides is 3. The maximum atomic E-state index is 13.1. The number of fused-ring (bicyclic) bond motifs is 2. The van der Waals surface area contributed by atoms with Crippen LogP contribution in [0.4, 0.5) is 13.2 Å². The average molecular weight is 463 g/mol. The molecule has 2 heterocycles. The predicted octanol–water partition coefficient (Wildman–Crippen LogP) is 5.31. The van der Waals surface area contributed by atoms with Gasteiger partial charge in [-0.2, -0.15) is 13.2 Å². The highest BCUT2D eigenvalue weighted by Gasteiger charge is 2.43. The molecule has 0 bridgehead atoms. The van der Waals surface area contributed by atoms with Crippen LogP contribution < -0.4 is 9.47 Å². The molecule has 1 fully saturated rings. The van der Waals surface area contributed by atoms with Gasteiger partial charge in [0.2, 0.25) is 0 Å². The van der Waals surface area contributed by atoms with Crippen molar-refractivity contribution in [1.82, 2.24) is 5.06 Å². The second kappa shape index (κ2) is 9.63. The second-order valence-corrected chi connectivity index (χ2v) is 8.58. The van der Waals surface area contributed by atoms with Crippen molar-refractivity contribution in [3.63, 3.8) is 0 Å². The number of hydroxylamine groups is 2. The Bertz CT molecular complexity index is 984. The molecular weight excluding hydrogens is 435 g/mol. The van der Waals surface area contributed by atoms with E-state index in [0.717, 1.165) is 30.2 Å². The van der Waals surface area contributed by atoms with Crippen molar-refractivity contribution in [2.24, 2.45) is 0 Å². The van der Waals surface area contributed by atoms with E-state index in [9.17, 15) is 18.0 Å². The van der Waals surface area contributed by atoms with Crippen molar-refractivity contribution in [2.75, 3.05) is 26.3 Å². The lowest BCUT2D eigenvalue weighted by atomic mass is 9.75. The van der Waals surface area contributed by atoms with E-state index in [0.29, 0.717) is 51.3 Å². The molecule has 8 heteroatoms. The van der Waals surface area contributed by atoms with Gasteiger partial charge in [-0.1, -0.05) is 31.2 Å². The van der Waals surface area contributed by atoms with Gasteiger partial charge < -0.3 is 14.3 Å². The van der Waals surface area contributed by atoms with Gasteiger partial charge in [0.05, 0.1) is 18.8 Å². The van der Waals surface area contributed by atoms with Crippen molar-refractivity contribution in [1.29, 1.82) is 0 Å². The summed E-state index contributed by atoms with van der Waals surface area (Å²) in [4.78, 5) is 16.9. The average Bonchev–Trinajstić information content (AvgIpc) is 3.15. The first-order valence-electron chi connectivity index (χ1n) is 11.3. The molecule has 0 aliphatic carbocycles. The lowest BCUT2D eigenvalue weighted by Crippen LogP contribution is -2.44. The minimum Gasteiger partial charge on any atom is -0.493 e.